The van der Waals surface area contributed by atoms with Crippen molar-refractivity contribution in [2.24, 2.45) is 5.92 Å². The number of nitrogens with zero attached hydrogens (tertiary/aromatic N) is 3. The van der Waals surface area contributed by atoms with Gasteiger partial charge in [0.2, 0.25) is 5.91 Å². The number of amides is 1. The zero-order chi connectivity index (χ0) is 14.5. The van der Waals surface area contributed by atoms with Gasteiger partial charge in [-0.2, -0.15) is 0 Å². The number of hydrogen-bond acceptors (Lipinski definition) is 4. The van der Waals surface area contributed by atoms with Crippen LogP contribution in [0.15, 0.2) is 18.3 Å². The Morgan fingerprint density at radius 1 is 1.30 bits per heavy atom. The summed E-state index contributed by atoms with van der Waals surface area (Å²) in [6.45, 7) is 7.27. The van der Waals surface area contributed by atoms with Gasteiger partial charge in [-0.25, -0.2) is 4.98 Å². The van der Waals surface area contributed by atoms with Gasteiger partial charge in [0, 0.05) is 38.3 Å². The SMILES string of the molecule is CCC(CC)C(=O)N1CCN(c2ncccc2N)CC1. The number of carbonyl (C=O) groups excluding carboxylic acids is 1. The highest BCUT2D eigenvalue weighted by Gasteiger charge is 2.26. The van der Waals surface area contributed by atoms with Crippen LogP contribution >= 0.6 is 0 Å². The quantitative estimate of drug-likeness (QED) is 0.910. The Labute approximate surface area is 120 Å². The Morgan fingerprint density at radius 2 is 1.95 bits per heavy atom. The van der Waals surface area contributed by atoms with E-state index in [9.17, 15) is 4.79 Å². The van der Waals surface area contributed by atoms with Crippen LogP contribution in [-0.2, 0) is 4.79 Å². The predicted octanol–water partition coefficient (Wildman–Crippen LogP) is 1.75. The maximum absolute atomic E-state index is 12.3. The van der Waals surface area contributed by atoms with Gasteiger partial charge in [0.05, 0.1) is 5.69 Å². The number of carbonyl (C=O) groups is 1. The summed E-state index contributed by atoms with van der Waals surface area (Å²) < 4.78 is 0. The first-order valence-corrected chi connectivity index (χ1v) is 7.41. The van der Waals surface area contributed by atoms with Crippen molar-refractivity contribution in [2.45, 2.75) is 26.7 Å². The Bertz CT molecular complexity index is 451. The lowest BCUT2D eigenvalue weighted by Gasteiger charge is -2.37. The molecule has 1 saturated heterocycles. The van der Waals surface area contributed by atoms with E-state index in [4.69, 9.17) is 5.73 Å². The monoisotopic (exact) mass is 276 g/mol. The lowest BCUT2D eigenvalue weighted by atomic mass is 10.0. The summed E-state index contributed by atoms with van der Waals surface area (Å²) in [6, 6.07) is 3.70. The molecule has 2 heterocycles. The van der Waals surface area contributed by atoms with Crippen molar-refractivity contribution in [3.8, 4) is 0 Å². The summed E-state index contributed by atoms with van der Waals surface area (Å²) >= 11 is 0. The molecule has 1 amide bonds. The Hall–Kier alpha value is -1.78. The molecular formula is C15H24N4O. The van der Waals surface area contributed by atoms with E-state index in [0.29, 0.717) is 11.6 Å². The van der Waals surface area contributed by atoms with Gasteiger partial charge in [-0.3, -0.25) is 4.79 Å². The molecule has 0 radical (unpaired) electrons. The second-order valence-electron chi connectivity index (χ2n) is 5.24. The van der Waals surface area contributed by atoms with Gasteiger partial charge in [-0.05, 0) is 25.0 Å². The lowest BCUT2D eigenvalue weighted by molar-refractivity contribution is -0.136. The molecule has 1 aliphatic heterocycles. The fourth-order valence-corrected chi connectivity index (χ4v) is 2.71. The van der Waals surface area contributed by atoms with Crippen LogP contribution in [0, 0.1) is 5.92 Å². The number of rotatable bonds is 4. The molecule has 0 saturated carbocycles. The van der Waals surface area contributed by atoms with Crippen LogP contribution in [0.25, 0.3) is 0 Å². The molecule has 110 valence electrons. The molecular weight excluding hydrogens is 252 g/mol. The normalized spacial score (nSPS) is 15.8. The van der Waals surface area contributed by atoms with Gasteiger partial charge >= 0.3 is 0 Å². The summed E-state index contributed by atoms with van der Waals surface area (Å²) in [7, 11) is 0. The highest BCUT2D eigenvalue weighted by atomic mass is 16.2. The number of piperazine rings is 1. The standard InChI is InChI=1S/C15H24N4O/c1-3-12(4-2)15(20)19-10-8-18(9-11-19)14-13(16)6-5-7-17-14/h5-7,12H,3-4,8-11,16H2,1-2H3. The number of nitrogen functional groups attached to an aromatic ring is 1. The molecule has 5 nitrogen and oxygen atoms in total. The third-order valence-electron chi connectivity index (χ3n) is 4.04. The number of pyridine rings is 1. The third-order valence-corrected chi connectivity index (χ3v) is 4.04. The zero-order valence-electron chi connectivity index (χ0n) is 12.4. The van der Waals surface area contributed by atoms with Gasteiger partial charge < -0.3 is 15.5 Å². The first-order chi connectivity index (χ1) is 9.67. The second kappa shape index (κ2) is 6.59. The molecule has 0 unspecified atom stereocenters. The molecule has 0 aliphatic carbocycles. The van der Waals surface area contributed by atoms with Crippen LogP contribution in [-0.4, -0.2) is 42.0 Å². The molecule has 5 heteroatoms. The molecule has 1 fully saturated rings. The maximum atomic E-state index is 12.3. The van der Waals surface area contributed by atoms with Crippen molar-refractivity contribution >= 4 is 17.4 Å². The summed E-state index contributed by atoms with van der Waals surface area (Å²) in [5.74, 6) is 1.30. The van der Waals surface area contributed by atoms with E-state index in [2.05, 4.69) is 23.7 Å². The zero-order valence-corrected chi connectivity index (χ0v) is 12.4. The predicted molar refractivity (Wildman–Crippen MR) is 81.5 cm³/mol. The van der Waals surface area contributed by atoms with E-state index in [1.165, 1.54) is 0 Å². The summed E-state index contributed by atoms with van der Waals surface area (Å²) in [5, 5.41) is 0. The van der Waals surface area contributed by atoms with Gasteiger partial charge in [0.25, 0.3) is 0 Å². The fraction of sp³-hybridized carbons (Fsp3) is 0.600. The molecule has 0 aromatic carbocycles. The minimum Gasteiger partial charge on any atom is -0.396 e. The van der Waals surface area contributed by atoms with Gasteiger partial charge in [0.1, 0.15) is 0 Å². The molecule has 0 spiro atoms. The molecule has 2 rings (SSSR count). The van der Waals surface area contributed by atoms with E-state index in [1.807, 2.05) is 17.0 Å². The second-order valence-corrected chi connectivity index (χ2v) is 5.24. The van der Waals surface area contributed by atoms with Gasteiger partial charge in [-0.1, -0.05) is 13.8 Å². The van der Waals surface area contributed by atoms with Crippen LogP contribution in [0.4, 0.5) is 11.5 Å². The molecule has 20 heavy (non-hydrogen) atoms. The van der Waals surface area contributed by atoms with Crippen LogP contribution in [0.2, 0.25) is 0 Å². The van der Waals surface area contributed by atoms with Crippen LogP contribution < -0.4 is 10.6 Å². The Kier molecular flexibility index (Phi) is 4.82. The van der Waals surface area contributed by atoms with Gasteiger partial charge in [-0.15, -0.1) is 0 Å². The average molecular weight is 276 g/mol. The first kappa shape index (κ1) is 14.6. The van der Waals surface area contributed by atoms with E-state index in [-0.39, 0.29) is 5.92 Å². The Balaban J connectivity index is 1.96. The van der Waals surface area contributed by atoms with Crippen LogP contribution in [0.3, 0.4) is 0 Å². The summed E-state index contributed by atoms with van der Waals surface area (Å²) in [5.41, 5.74) is 6.65. The highest BCUT2D eigenvalue weighted by molar-refractivity contribution is 5.79. The first-order valence-electron chi connectivity index (χ1n) is 7.41. The number of anilines is 2. The molecule has 0 bridgehead atoms. The van der Waals surface area contributed by atoms with E-state index >= 15 is 0 Å². The molecule has 2 N–H and O–H groups in total. The van der Waals surface area contributed by atoms with Crippen molar-refractivity contribution in [2.75, 3.05) is 36.8 Å². The summed E-state index contributed by atoms with van der Waals surface area (Å²) in [4.78, 5) is 20.8. The maximum Gasteiger partial charge on any atom is 0.225 e. The van der Waals surface area contributed by atoms with Crippen LogP contribution in [0.1, 0.15) is 26.7 Å². The van der Waals surface area contributed by atoms with Crippen molar-refractivity contribution in [1.82, 2.24) is 9.88 Å². The van der Waals surface area contributed by atoms with Crippen molar-refractivity contribution < 1.29 is 4.79 Å². The van der Waals surface area contributed by atoms with Gasteiger partial charge in [0.15, 0.2) is 5.82 Å². The van der Waals surface area contributed by atoms with E-state index in [1.54, 1.807) is 6.20 Å². The minimum absolute atomic E-state index is 0.168. The topological polar surface area (TPSA) is 62.5 Å². The minimum atomic E-state index is 0.168. The van der Waals surface area contributed by atoms with Crippen LogP contribution in [0.5, 0.6) is 0 Å². The van der Waals surface area contributed by atoms with E-state index in [0.717, 1.165) is 44.8 Å². The molecule has 0 atom stereocenters. The average Bonchev–Trinajstić information content (AvgIpc) is 2.49. The van der Waals surface area contributed by atoms with Crippen molar-refractivity contribution in [3.05, 3.63) is 18.3 Å². The van der Waals surface area contributed by atoms with E-state index < -0.39 is 0 Å². The smallest absolute Gasteiger partial charge is 0.225 e. The van der Waals surface area contributed by atoms with Crippen molar-refractivity contribution in [1.29, 1.82) is 0 Å². The third kappa shape index (κ3) is 3.03. The highest BCUT2D eigenvalue weighted by Crippen LogP contribution is 2.21. The molecule has 1 aromatic heterocycles. The summed E-state index contributed by atoms with van der Waals surface area (Å²) in [6.07, 6.45) is 3.60. The number of hydrogen-bond donors (Lipinski definition) is 1. The Morgan fingerprint density at radius 3 is 2.50 bits per heavy atom. The number of nitrogens with two attached hydrogens (primary N) is 1. The van der Waals surface area contributed by atoms with Crippen molar-refractivity contribution in [3.63, 3.8) is 0 Å². The number of aromatic nitrogens is 1. The largest absolute Gasteiger partial charge is 0.396 e. The molecule has 1 aromatic rings. The lowest BCUT2D eigenvalue weighted by Crippen LogP contribution is -2.50. The fourth-order valence-electron chi connectivity index (χ4n) is 2.71. The molecule has 1 aliphatic rings.